The average Bonchev–Trinajstić information content (AvgIpc) is 2.75. The molecular weight excluding hydrogens is 396 g/mol. The van der Waals surface area contributed by atoms with Crippen LogP contribution in [0.5, 0.6) is 0 Å². The molecule has 0 aliphatic rings. The van der Waals surface area contributed by atoms with Gasteiger partial charge in [-0.3, -0.25) is 0 Å². The zero-order chi connectivity index (χ0) is 23.2. The molecule has 0 aliphatic carbocycles. The summed E-state index contributed by atoms with van der Waals surface area (Å²) in [6, 6.07) is 1.15. The summed E-state index contributed by atoms with van der Waals surface area (Å²) in [5.74, 6) is 0. The van der Waals surface area contributed by atoms with E-state index in [9.17, 15) is 0 Å². The van der Waals surface area contributed by atoms with Crippen LogP contribution in [0.2, 0.25) is 12.6 Å². The molecule has 0 N–H and O–H groups in total. The molecule has 0 aromatic heterocycles. The van der Waals surface area contributed by atoms with Gasteiger partial charge in [-0.15, -0.1) is 0 Å². The lowest BCUT2D eigenvalue weighted by Crippen LogP contribution is -2.43. The molecule has 0 aromatic carbocycles. The molecule has 0 radical (unpaired) electrons. The zero-order valence-corrected chi connectivity index (χ0v) is 23.6. The van der Waals surface area contributed by atoms with Crippen molar-refractivity contribution in [2.45, 2.75) is 181 Å². The van der Waals surface area contributed by atoms with Crippen molar-refractivity contribution in [2.75, 3.05) is 0 Å². The van der Waals surface area contributed by atoms with E-state index < -0.39 is 8.56 Å². The van der Waals surface area contributed by atoms with Crippen LogP contribution in [0.15, 0.2) is 0 Å². The van der Waals surface area contributed by atoms with Gasteiger partial charge in [0, 0.05) is 12.2 Å². The van der Waals surface area contributed by atoms with E-state index in [1.165, 1.54) is 109 Å². The van der Waals surface area contributed by atoms with Gasteiger partial charge in [-0.05, 0) is 39.3 Å². The summed E-state index contributed by atoms with van der Waals surface area (Å²) in [7, 11) is -2.03. The van der Waals surface area contributed by atoms with Crippen molar-refractivity contribution in [3.63, 3.8) is 0 Å². The predicted molar refractivity (Wildman–Crippen MR) is 142 cm³/mol. The van der Waals surface area contributed by atoms with Crippen molar-refractivity contribution in [3.8, 4) is 0 Å². The molecule has 0 bridgehead atoms. The van der Waals surface area contributed by atoms with Crippen LogP contribution in [-0.2, 0) is 8.85 Å². The summed E-state index contributed by atoms with van der Waals surface area (Å²) in [4.78, 5) is 0. The van der Waals surface area contributed by atoms with E-state index in [1.54, 1.807) is 0 Å². The number of rotatable bonds is 24. The molecular formula is C28H60O2Si. The van der Waals surface area contributed by atoms with Gasteiger partial charge in [0.2, 0.25) is 0 Å². The van der Waals surface area contributed by atoms with E-state index in [-0.39, 0.29) is 0 Å². The first-order valence-electron chi connectivity index (χ1n) is 14.3. The Hall–Kier alpha value is 0.137. The van der Waals surface area contributed by atoms with E-state index in [1.807, 2.05) is 0 Å². The van der Waals surface area contributed by atoms with Crippen LogP contribution in [0.25, 0.3) is 0 Å². The summed E-state index contributed by atoms with van der Waals surface area (Å²) < 4.78 is 12.8. The molecule has 0 heterocycles. The summed E-state index contributed by atoms with van der Waals surface area (Å²) in [5.41, 5.74) is 0. The van der Waals surface area contributed by atoms with Crippen LogP contribution < -0.4 is 0 Å². The van der Waals surface area contributed by atoms with Crippen molar-refractivity contribution in [1.82, 2.24) is 0 Å². The van der Waals surface area contributed by atoms with Gasteiger partial charge in [0.05, 0.1) is 0 Å². The van der Waals surface area contributed by atoms with Crippen molar-refractivity contribution in [2.24, 2.45) is 0 Å². The van der Waals surface area contributed by atoms with Crippen molar-refractivity contribution in [1.29, 1.82) is 0 Å². The van der Waals surface area contributed by atoms with Crippen molar-refractivity contribution >= 4 is 8.56 Å². The standard InChI is InChI=1S/C28H60O2Si/c1-7-10-11-12-13-14-15-16-17-18-19-20-21-22-23-24-25-26-31(6,29-27(4)8-2)30-28(5)9-3/h27-28H,7-26H2,1-6H3. The lowest BCUT2D eigenvalue weighted by molar-refractivity contribution is 0.0907. The summed E-state index contributed by atoms with van der Waals surface area (Å²) >= 11 is 0. The molecule has 2 nitrogen and oxygen atoms in total. The maximum Gasteiger partial charge on any atom is 0.335 e. The average molecular weight is 457 g/mol. The molecule has 3 heteroatoms. The largest absolute Gasteiger partial charge is 0.392 e. The maximum atomic E-state index is 6.41. The highest BCUT2D eigenvalue weighted by Crippen LogP contribution is 2.24. The summed E-state index contributed by atoms with van der Waals surface area (Å²) in [6.45, 7) is 13.4. The van der Waals surface area contributed by atoms with Crippen molar-refractivity contribution in [3.05, 3.63) is 0 Å². The Morgan fingerprint density at radius 3 is 1.06 bits per heavy atom. The molecule has 0 amide bonds. The summed E-state index contributed by atoms with van der Waals surface area (Å²) in [5, 5.41) is 0. The minimum absolute atomic E-state index is 0.325. The number of unbranched alkanes of at least 4 members (excludes halogenated alkanes) is 16. The number of hydrogen-bond acceptors (Lipinski definition) is 2. The monoisotopic (exact) mass is 456 g/mol. The highest BCUT2D eigenvalue weighted by atomic mass is 28.4. The minimum Gasteiger partial charge on any atom is -0.392 e. The third-order valence-electron chi connectivity index (χ3n) is 6.79. The Morgan fingerprint density at radius 1 is 0.484 bits per heavy atom. The van der Waals surface area contributed by atoms with Crippen LogP contribution in [-0.4, -0.2) is 20.8 Å². The van der Waals surface area contributed by atoms with Crippen LogP contribution in [0.4, 0.5) is 0 Å². The van der Waals surface area contributed by atoms with Crippen LogP contribution in [0, 0.1) is 0 Å². The quantitative estimate of drug-likeness (QED) is 0.106. The molecule has 0 saturated carbocycles. The van der Waals surface area contributed by atoms with E-state index in [0.29, 0.717) is 12.2 Å². The van der Waals surface area contributed by atoms with E-state index in [0.717, 1.165) is 18.9 Å². The normalized spacial score (nSPS) is 15.7. The third-order valence-corrected chi connectivity index (χ3v) is 9.85. The smallest absolute Gasteiger partial charge is 0.335 e. The second kappa shape index (κ2) is 22.0. The van der Waals surface area contributed by atoms with Crippen LogP contribution in [0.1, 0.15) is 157 Å². The maximum absolute atomic E-state index is 6.41. The Morgan fingerprint density at radius 2 is 0.774 bits per heavy atom. The topological polar surface area (TPSA) is 18.5 Å². The lowest BCUT2D eigenvalue weighted by Gasteiger charge is -2.32. The third kappa shape index (κ3) is 20.5. The van der Waals surface area contributed by atoms with Gasteiger partial charge in [-0.2, -0.15) is 0 Å². The fourth-order valence-electron chi connectivity index (χ4n) is 4.33. The lowest BCUT2D eigenvalue weighted by atomic mass is 10.0. The molecule has 188 valence electrons. The molecule has 2 atom stereocenters. The Bertz CT molecular complexity index is 349. The van der Waals surface area contributed by atoms with Gasteiger partial charge in [-0.1, -0.05) is 130 Å². The van der Waals surface area contributed by atoms with Gasteiger partial charge >= 0.3 is 8.56 Å². The minimum atomic E-state index is -2.03. The molecule has 0 rings (SSSR count). The van der Waals surface area contributed by atoms with Gasteiger partial charge in [0.1, 0.15) is 0 Å². The molecule has 0 fully saturated rings. The first kappa shape index (κ1) is 31.1. The fourth-order valence-corrected chi connectivity index (χ4v) is 7.55. The second-order valence-electron chi connectivity index (χ2n) is 10.2. The van der Waals surface area contributed by atoms with Gasteiger partial charge < -0.3 is 8.85 Å². The van der Waals surface area contributed by atoms with E-state index in [2.05, 4.69) is 41.2 Å². The number of hydrogen-bond donors (Lipinski definition) is 0. The highest BCUT2D eigenvalue weighted by molar-refractivity contribution is 6.66. The van der Waals surface area contributed by atoms with Crippen LogP contribution in [0.3, 0.4) is 0 Å². The van der Waals surface area contributed by atoms with Crippen LogP contribution >= 0.6 is 0 Å². The first-order chi connectivity index (χ1) is 15.0. The molecule has 2 unspecified atom stereocenters. The van der Waals surface area contributed by atoms with Gasteiger partial charge in [0.25, 0.3) is 0 Å². The first-order valence-corrected chi connectivity index (χ1v) is 16.8. The van der Waals surface area contributed by atoms with E-state index >= 15 is 0 Å². The zero-order valence-electron chi connectivity index (χ0n) is 22.6. The highest BCUT2D eigenvalue weighted by Gasteiger charge is 2.34. The molecule has 0 aromatic rings. The van der Waals surface area contributed by atoms with Gasteiger partial charge in [0.15, 0.2) is 0 Å². The van der Waals surface area contributed by atoms with Crippen molar-refractivity contribution < 1.29 is 8.85 Å². The second-order valence-corrected chi connectivity index (χ2v) is 13.5. The molecule has 0 saturated heterocycles. The SMILES string of the molecule is CCCCCCCCCCCCCCCCCCC[Si](C)(OC(C)CC)OC(C)CC. The van der Waals surface area contributed by atoms with Gasteiger partial charge in [-0.25, -0.2) is 0 Å². The Labute approximate surface area is 198 Å². The van der Waals surface area contributed by atoms with E-state index in [4.69, 9.17) is 8.85 Å². The Balaban J connectivity index is 3.57. The fraction of sp³-hybridized carbons (Fsp3) is 1.00. The summed E-state index contributed by atoms with van der Waals surface area (Å²) in [6.07, 6.45) is 27.0. The predicted octanol–water partition coefficient (Wildman–Crippen LogP) is 10.3. The Kier molecular flexibility index (Phi) is 22.1. The molecule has 0 aliphatic heterocycles. The molecule has 31 heavy (non-hydrogen) atoms. The molecule has 0 spiro atoms.